The lowest BCUT2D eigenvalue weighted by Gasteiger charge is -2.37. The number of hydrazone groups is 1. The molecule has 0 amide bonds. The predicted octanol–water partition coefficient (Wildman–Crippen LogP) is 5.78. The molecule has 0 bridgehead atoms. The van der Waals surface area contributed by atoms with Crippen LogP contribution in [0.15, 0.2) is 65.1 Å². The van der Waals surface area contributed by atoms with E-state index in [1.165, 1.54) is 12.1 Å². The minimum atomic E-state index is -0.272. The lowest BCUT2D eigenvalue weighted by atomic mass is 9.96. The Kier molecular flexibility index (Phi) is 3.72. The molecule has 2 aromatic carbocycles. The number of nitrogens with zero attached hydrogens (tertiary/aromatic N) is 2. The third kappa shape index (κ3) is 2.59. The van der Waals surface area contributed by atoms with Crippen LogP contribution in [0.5, 0.6) is 5.75 Å². The summed E-state index contributed by atoms with van der Waals surface area (Å²) < 4.78 is 19.5. The molecule has 0 fully saturated rings. The van der Waals surface area contributed by atoms with E-state index in [1.54, 1.807) is 23.5 Å². The number of halogens is 2. The predicted molar refractivity (Wildman–Crippen MR) is 101 cm³/mol. The van der Waals surface area contributed by atoms with Gasteiger partial charge >= 0.3 is 0 Å². The molecule has 0 saturated carbocycles. The fourth-order valence-corrected chi connectivity index (χ4v) is 4.42. The Hall–Kier alpha value is -2.37. The van der Waals surface area contributed by atoms with Crippen LogP contribution in [0.1, 0.15) is 34.7 Å². The summed E-state index contributed by atoms with van der Waals surface area (Å²) in [5.74, 6) is 0.589. The first kappa shape index (κ1) is 15.9. The van der Waals surface area contributed by atoms with E-state index in [0.717, 1.165) is 33.9 Å². The topological polar surface area (TPSA) is 24.8 Å². The van der Waals surface area contributed by atoms with Crippen LogP contribution >= 0.6 is 22.9 Å². The van der Waals surface area contributed by atoms with Crippen molar-refractivity contribution in [2.75, 3.05) is 0 Å². The van der Waals surface area contributed by atoms with Crippen LogP contribution in [0.25, 0.3) is 0 Å². The number of ether oxygens (including phenoxy) is 1. The number of rotatable bonds is 2. The van der Waals surface area contributed by atoms with Crippen molar-refractivity contribution >= 4 is 28.6 Å². The van der Waals surface area contributed by atoms with Gasteiger partial charge in [-0.1, -0.05) is 29.8 Å². The van der Waals surface area contributed by atoms with Crippen molar-refractivity contribution in [3.63, 3.8) is 0 Å². The van der Waals surface area contributed by atoms with Gasteiger partial charge in [-0.3, -0.25) is 0 Å². The van der Waals surface area contributed by atoms with Crippen molar-refractivity contribution in [2.24, 2.45) is 5.10 Å². The second-order valence-electron chi connectivity index (χ2n) is 6.32. The average Bonchev–Trinajstić information content (AvgIpc) is 3.32. The Labute approximate surface area is 159 Å². The molecule has 5 rings (SSSR count). The van der Waals surface area contributed by atoms with E-state index in [0.29, 0.717) is 5.02 Å². The summed E-state index contributed by atoms with van der Waals surface area (Å²) in [5.41, 5.74) is 2.88. The number of thiophene rings is 1. The van der Waals surface area contributed by atoms with Crippen molar-refractivity contribution in [1.29, 1.82) is 0 Å². The summed E-state index contributed by atoms with van der Waals surface area (Å²) >= 11 is 7.87. The fraction of sp³-hybridized carbons (Fsp3) is 0.150. The molecule has 0 unspecified atom stereocenters. The molecule has 0 N–H and O–H groups in total. The second kappa shape index (κ2) is 6.11. The first-order valence-corrected chi connectivity index (χ1v) is 9.56. The molecule has 2 aliphatic rings. The second-order valence-corrected chi connectivity index (χ2v) is 7.74. The maximum atomic E-state index is 13.3. The number of benzene rings is 2. The largest absolute Gasteiger partial charge is 0.464 e. The maximum Gasteiger partial charge on any atom is 0.222 e. The Balaban J connectivity index is 1.60. The highest BCUT2D eigenvalue weighted by atomic mass is 35.5. The molecule has 2 atom stereocenters. The van der Waals surface area contributed by atoms with Gasteiger partial charge < -0.3 is 4.74 Å². The Morgan fingerprint density at radius 2 is 2.00 bits per heavy atom. The van der Waals surface area contributed by atoms with Crippen LogP contribution in [-0.4, -0.2) is 10.7 Å². The number of fused-ring (bicyclic) bond motifs is 3. The van der Waals surface area contributed by atoms with Gasteiger partial charge in [-0.2, -0.15) is 5.10 Å². The summed E-state index contributed by atoms with van der Waals surface area (Å²) in [6, 6.07) is 16.3. The van der Waals surface area contributed by atoms with E-state index in [9.17, 15) is 4.39 Å². The molecule has 2 aliphatic heterocycles. The van der Waals surface area contributed by atoms with Crippen molar-refractivity contribution < 1.29 is 9.13 Å². The van der Waals surface area contributed by atoms with Gasteiger partial charge in [0.25, 0.3) is 0 Å². The molecule has 0 radical (unpaired) electrons. The van der Waals surface area contributed by atoms with E-state index >= 15 is 0 Å². The maximum absolute atomic E-state index is 13.3. The Bertz CT molecular complexity index is 988. The third-order valence-corrected chi connectivity index (χ3v) is 5.85. The van der Waals surface area contributed by atoms with Crippen LogP contribution in [0.3, 0.4) is 0 Å². The molecule has 26 heavy (non-hydrogen) atoms. The summed E-state index contributed by atoms with van der Waals surface area (Å²) in [6.07, 6.45) is 0.455. The van der Waals surface area contributed by atoms with Crippen LogP contribution in [0.4, 0.5) is 4.39 Å². The molecule has 3 heterocycles. The van der Waals surface area contributed by atoms with Crippen LogP contribution in [-0.2, 0) is 0 Å². The van der Waals surface area contributed by atoms with Crippen LogP contribution < -0.4 is 4.74 Å². The normalized spacial score (nSPS) is 21.0. The zero-order valence-corrected chi connectivity index (χ0v) is 15.2. The Morgan fingerprint density at radius 3 is 2.77 bits per heavy atom. The van der Waals surface area contributed by atoms with Crippen LogP contribution in [0.2, 0.25) is 5.02 Å². The summed E-state index contributed by atoms with van der Waals surface area (Å²) in [4.78, 5) is 1.10. The zero-order chi connectivity index (χ0) is 17.7. The molecule has 3 nitrogen and oxygen atoms in total. The van der Waals surface area contributed by atoms with Crippen molar-refractivity contribution in [3.8, 4) is 5.75 Å². The van der Waals surface area contributed by atoms with E-state index in [1.807, 2.05) is 34.7 Å². The van der Waals surface area contributed by atoms with Crippen molar-refractivity contribution in [1.82, 2.24) is 5.01 Å². The fourth-order valence-electron chi connectivity index (χ4n) is 3.49. The number of hydrogen-bond acceptors (Lipinski definition) is 4. The van der Waals surface area contributed by atoms with Gasteiger partial charge in [0.15, 0.2) is 0 Å². The van der Waals surface area contributed by atoms with Gasteiger partial charge in [-0.05, 0) is 47.3 Å². The summed E-state index contributed by atoms with van der Waals surface area (Å²) in [7, 11) is 0. The molecule has 1 aromatic heterocycles. The quantitative estimate of drug-likeness (QED) is 0.559. The first-order valence-electron chi connectivity index (χ1n) is 8.30. The van der Waals surface area contributed by atoms with Crippen molar-refractivity contribution in [3.05, 3.63) is 86.8 Å². The smallest absolute Gasteiger partial charge is 0.222 e. The minimum Gasteiger partial charge on any atom is -0.464 e. The van der Waals surface area contributed by atoms with E-state index < -0.39 is 0 Å². The highest BCUT2D eigenvalue weighted by molar-refractivity contribution is 7.10. The van der Waals surface area contributed by atoms with E-state index in [4.69, 9.17) is 21.4 Å². The van der Waals surface area contributed by atoms with E-state index in [2.05, 4.69) is 6.07 Å². The SMILES string of the molecule is Fc1ccc(C2=NN3[C@H](C2)c2cc(Cl)ccc2O[C@@H]3c2cccs2)cc1. The van der Waals surface area contributed by atoms with Crippen LogP contribution in [0, 0.1) is 5.82 Å². The minimum absolute atomic E-state index is 0.0459. The number of hydrogen-bond donors (Lipinski definition) is 0. The van der Waals surface area contributed by atoms with Gasteiger partial charge in [0.05, 0.1) is 16.6 Å². The van der Waals surface area contributed by atoms with Gasteiger partial charge in [0.1, 0.15) is 11.6 Å². The monoisotopic (exact) mass is 384 g/mol. The molecule has 3 aromatic rings. The van der Waals surface area contributed by atoms with Gasteiger partial charge in [0.2, 0.25) is 6.23 Å². The zero-order valence-electron chi connectivity index (χ0n) is 13.6. The molecule has 0 aliphatic carbocycles. The standard InChI is InChI=1S/C20H14ClFN2OS/c21-13-5-8-18-15(10-13)17-11-16(12-3-6-14(22)7-4-12)23-24(17)20(25-18)19-2-1-9-26-19/h1-10,17,20H,11H2/t17-,20-/m1/s1. The molecule has 0 spiro atoms. The lowest BCUT2D eigenvalue weighted by molar-refractivity contribution is -0.0165. The Morgan fingerprint density at radius 1 is 1.15 bits per heavy atom. The molecule has 130 valence electrons. The highest BCUT2D eigenvalue weighted by Gasteiger charge is 2.41. The molecule has 0 saturated heterocycles. The van der Waals surface area contributed by atoms with Gasteiger partial charge in [-0.25, -0.2) is 9.40 Å². The van der Waals surface area contributed by atoms with E-state index in [-0.39, 0.29) is 18.1 Å². The summed E-state index contributed by atoms with van der Waals surface area (Å²) in [6.45, 7) is 0. The highest BCUT2D eigenvalue weighted by Crippen LogP contribution is 2.48. The molecular weight excluding hydrogens is 371 g/mol. The lowest BCUT2D eigenvalue weighted by Crippen LogP contribution is -2.33. The van der Waals surface area contributed by atoms with Crippen molar-refractivity contribution in [2.45, 2.75) is 18.7 Å². The summed E-state index contributed by atoms with van der Waals surface area (Å²) in [5, 5.41) is 9.56. The average molecular weight is 385 g/mol. The third-order valence-electron chi connectivity index (χ3n) is 4.72. The van der Waals surface area contributed by atoms with Gasteiger partial charge in [0, 0.05) is 17.0 Å². The first-order chi connectivity index (χ1) is 12.7. The molecule has 6 heteroatoms. The van der Waals surface area contributed by atoms with Gasteiger partial charge in [-0.15, -0.1) is 11.3 Å². The molecular formula is C20H14ClFN2OS.